The van der Waals surface area contributed by atoms with E-state index in [4.69, 9.17) is 0 Å². The van der Waals surface area contributed by atoms with Crippen LogP contribution in [0.1, 0.15) is 34.0 Å². The minimum absolute atomic E-state index is 0.235. The van der Waals surface area contributed by atoms with E-state index in [1.807, 2.05) is 6.92 Å². The van der Waals surface area contributed by atoms with E-state index in [-0.39, 0.29) is 11.5 Å². The maximum Gasteiger partial charge on any atom is 0.281 e. The van der Waals surface area contributed by atoms with Crippen LogP contribution >= 0.6 is 27.3 Å². The van der Waals surface area contributed by atoms with Crippen LogP contribution in [0.2, 0.25) is 0 Å². The lowest BCUT2D eigenvalue weighted by Gasteiger charge is -1.96. The summed E-state index contributed by atoms with van der Waals surface area (Å²) in [6.07, 6.45) is 3.46. The van der Waals surface area contributed by atoms with Crippen molar-refractivity contribution in [2.45, 2.75) is 26.8 Å². The molecule has 21 heavy (non-hydrogen) atoms. The molecule has 8 heteroatoms. The fourth-order valence-electron chi connectivity index (χ4n) is 1.67. The number of amides is 1. The summed E-state index contributed by atoms with van der Waals surface area (Å²) in [5.74, 6) is -0.789. The van der Waals surface area contributed by atoms with Gasteiger partial charge in [0.05, 0.1) is 22.9 Å². The molecule has 0 unspecified atom stereocenters. The van der Waals surface area contributed by atoms with Crippen molar-refractivity contribution < 1.29 is 9.18 Å². The number of hydrazone groups is 1. The Morgan fingerprint density at radius 3 is 2.95 bits per heavy atom. The molecule has 0 aliphatic heterocycles. The molecule has 0 bridgehead atoms. The van der Waals surface area contributed by atoms with E-state index in [0.29, 0.717) is 11.4 Å². The summed E-state index contributed by atoms with van der Waals surface area (Å²) in [5, 5.41) is 7.61. The Kier molecular flexibility index (Phi) is 5.24. The fraction of sp³-hybridized carbons (Fsp3) is 0.308. The van der Waals surface area contributed by atoms with Crippen LogP contribution in [0.4, 0.5) is 4.39 Å². The van der Waals surface area contributed by atoms with Gasteiger partial charge >= 0.3 is 0 Å². The second kappa shape index (κ2) is 6.95. The van der Waals surface area contributed by atoms with Crippen LogP contribution in [0.25, 0.3) is 0 Å². The summed E-state index contributed by atoms with van der Waals surface area (Å²) >= 11 is 4.80. The van der Waals surface area contributed by atoms with Gasteiger partial charge in [0.15, 0.2) is 0 Å². The topological polar surface area (TPSA) is 59.3 Å². The zero-order valence-corrected chi connectivity index (χ0v) is 14.0. The molecular weight excluding hydrogens is 359 g/mol. The number of hydrogen-bond acceptors (Lipinski definition) is 4. The van der Waals surface area contributed by atoms with Crippen LogP contribution in [-0.4, -0.2) is 21.9 Å². The Morgan fingerprint density at radius 2 is 2.38 bits per heavy atom. The molecule has 1 amide bonds. The molecule has 0 radical (unpaired) electrons. The summed E-state index contributed by atoms with van der Waals surface area (Å²) in [6.45, 7) is 4.25. The van der Waals surface area contributed by atoms with Crippen molar-refractivity contribution in [3.05, 3.63) is 38.0 Å². The number of carbonyl (C=O) groups excluding carboxylic acids is 1. The largest absolute Gasteiger partial charge is 0.281 e. The average Bonchev–Trinajstić information content (AvgIpc) is 3.02. The molecule has 0 saturated carbocycles. The molecule has 0 atom stereocenters. The monoisotopic (exact) mass is 372 g/mol. The van der Waals surface area contributed by atoms with Gasteiger partial charge in [-0.3, -0.25) is 4.79 Å². The number of hydrogen-bond donors (Lipinski definition) is 1. The molecule has 112 valence electrons. The lowest BCUT2D eigenvalue weighted by atomic mass is 10.3. The quantitative estimate of drug-likeness (QED) is 0.647. The average molecular weight is 373 g/mol. The highest BCUT2D eigenvalue weighted by atomic mass is 79.9. The first-order valence-electron chi connectivity index (χ1n) is 6.39. The van der Waals surface area contributed by atoms with Gasteiger partial charge in [-0.1, -0.05) is 6.92 Å². The Morgan fingerprint density at radius 1 is 1.62 bits per heavy atom. The molecule has 2 aromatic heterocycles. The number of rotatable bonds is 5. The Balaban J connectivity index is 2.02. The lowest BCUT2D eigenvalue weighted by Crippen LogP contribution is -2.16. The third kappa shape index (κ3) is 3.56. The van der Waals surface area contributed by atoms with Gasteiger partial charge in [0.25, 0.3) is 5.91 Å². The highest BCUT2D eigenvalue weighted by Crippen LogP contribution is 2.27. The van der Waals surface area contributed by atoms with Gasteiger partial charge in [-0.2, -0.15) is 14.6 Å². The van der Waals surface area contributed by atoms with E-state index in [1.165, 1.54) is 28.4 Å². The molecule has 0 aliphatic rings. The first-order chi connectivity index (χ1) is 10.1. The third-order valence-electron chi connectivity index (χ3n) is 2.77. The summed E-state index contributed by atoms with van der Waals surface area (Å²) in [4.78, 5) is 13.6. The number of thiophene rings is 1. The summed E-state index contributed by atoms with van der Waals surface area (Å²) in [6, 6.07) is 1.75. The SMILES string of the molecule is CCc1sc(C(=O)N/N=C\c2cnn(CC)c2F)cc1Br. The highest BCUT2D eigenvalue weighted by Gasteiger charge is 2.12. The maximum atomic E-state index is 13.7. The Labute approximate surface area is 134 Å². The summed E-state index contributed by atoms with van der Waals surface area (Å²) in [5.41, 5.74) is 2.62. The van der Waals surface area contributed by atoms with Crippen LogP contribution in [0.3, 0.4) is 0 Å². The number of carbonyl (C=O) groups is 1. The van der Waals surface area contributed by atoms with E-state index in [0.717, 1.165) is 15.8 Å². The van der Waals surface area contributed by atoms with Crippen molar-refractivity contribution in [3.63, 3.8) is 0 Å². The number of nitrogens with zero attached hydrogens (tertiary/aromatic N) is 3. The molecule has 0 fully saturated rings. The maximum absolute atomic E-state index is 13.7. The summed E-state index contributed by atoms with van der Waals surface area (Å²) in [7, 11) is 0. The molecule has 1 N–H and O–H groups in total. The van der Waals surface area contributed by atoms with E-state index in [1.54, 1.807) is 13.0 Å². The van der Waals surface area contributed by atoms with Gasteiger partial charge < -0.3 is 0 Å². The third-order valence-corrected chi connectivity index (χ3v) is 5.02. The van der Waals surface area contributed by atoms with Crippen LogP contribution in [0.15, 0.2) is 21.8 Å². The van der Waals surface area contributed by atoms with Gasteiger partial charge in [-0.05, 0) is 35.3 Å². The summed E-state index contributed by atoms with van der Waals surface area (Å²) < 4.78 is 15.8. The highest BCUT2D eigenvalue weighted by molar-refractivity contribution is 9.10. The predicted octanol–water partition coefficient (Wildman–Crippen LogP) is 3.19. The molecule has 0 aliphatic carbocycles. The molecule has 0 saturated heterocycles. The predicted molar refractivity (Wildman–Crippen MR) is 84.3 cm³/mol. The van der Waals surface area contributed by atoms with Crippen molar-refractivity contribution in [2.75, 3.05) is 0 Å². The second-order valence-corrected chi connectivity index (χ2v) is 6.13. The number of aryl methyl sites for hydroxylation is 2. The Hall–Kier alpha value is -1.54. The Bertz CT molecular complexity index is 680. The molecular formula is C13H14BrFN4OS. The molecule has 2 heterocycles. The fourth-order valence-corrected chi connectivity index (χ4v) is 3.45. The normalized spacial score (nSPS) is 11.2. The zero-order chi connectivity index (χ0) is 15.4. The molecule has 0 spiro atoms. The second-order valence-electron chi connectivity index (χ2n) is 4.14. The number of halogens is 2. The molecule has 0 aromatic carbocycles. The van der Waals surface area contributed by atoms with E-state index in [2.05, 4.69) is 31.6 Å². The van der Waals surface area contributed by atoms with Crippen LogP contribution in [0, 0.1) is 5.95 Å². The molecule has 2 aromatic rings. The van der Waals surface area contributed by atoms with Gasteiger partial charge in [0.2, 0.25) is 5.95 Å². The van der Waals surface area contributed by atoms with Gasteiger partial charge in [0.1, 0.15) is 0 Å². The van der Waals surface area contributed by atoms with Crippen LogP contribution < -0.4 is 5.43 Å². The van der Waals surface area contributed by atoms with Gasteiger partial charge in [-0.25, -0.2) is 10.1 Å². The molecule has 5 nitrogen and oxygen atoms in total. The van der Waals surface area contributed by atoms with Gasteiger partial charge in [-0.15, -0.1) is 11.3 Å². The smallest absolute Gasteiger partial charge is 0.266 e. The zero-order valence-electron chi connectivity index (χ0n) is 11.6. The van der Waals surface area contributed by atoms with Crippen LogP contribution in [-0.2, 0) is 13.0 Å². The number of nitrogens with one attached hydrogen (secondary N) is 1. The van der Waals surface area contributed by atoms with E-state index >= 15 is 0 Å². The molecule has 2 rings (SSSR count). The first-order valence-corrected chi connectivity index (χ1v) is 8.00. The minimum Gasteiger partial charge on any atom is -0.266 e. The van der Waals surface area contributed by atoms with Crippen LogP contribution in [0.5, 0.6) is 0 Å². The van der Waals surface area contributed by atoms with Crippen molar-refractivity contribution in [3.8, 4) is 0 Å². The number of aromatic nitrogens is 2. The minimum atomic E-state index is -0.470. The van der Waals surface area contributed by atoms with Crippen molar-refractivity contribution in [1.29, 1.82) is 0 Å². The van der Waals surface area contributed by atoms with Crippen molar-refractivity contribution in [1.82, 2.24) is 15.2 Å². The van der Waals surface area contributed by atoms with E-state index in [9.17, 15) is 9.18 Å². The van der Waals surface area contributed by atoms with Crippen molar-refractivity contribution >= 4 is 39.4 Å². The lowest BCUT2D eigenvalue weighted by molar-refractivity contribution is 0.0959. The van der Waals surface area contributed by atoms with Gasteiger partial charge in [0, 0.05) is 15.9 Å². The first kappa shape index (κ1) is 15.8. The standard InChI is InChI=1S/C13H14BrFN4OS/c1-3-10-9(14)5-11(21-10)13(20)18-16-6-8-7-17-19(4-2)12(8)15/h5-7H,3-4H2,1-2H3,(H,18,20)/b16-6-. The van der Waals surface area contributed by atoms with Crippen molar-refractivity contribution in [2.24, 2.45) is 5.10 Å². The van der Waals surface area contributed by atoms with E-state index < -0.39 is 5.95 Å².